The summed E-state index contributed by atoms with van der Waals surface area (Å²) in [5.41, 5.74) is 1.84. The van der Waals surface area contributed by atoms with Crippen LogP contribution in [0, 0.1) is 13.8 Å². The molecule has 1 aromatic rings. The van der Waals surface area contributed by atoms with Gasteiger partial charge in [0.05, 0.1) is 0 Å². The molecule has 0 atom stereocenters. The maximum atomic E-state index is 11.9. The lowest BCUT2D eigenvalue weighted by Crippen LogP contribution is -2.09. The Hall–Kier alpha value is -1.39. The molecule has 0 aromatic carbocycles. The van der Waals surface area contributed by atoms with Crippen molar-refractivity contribution in [3.63, 3.8) is 0 Å². The lowest BCUT2D eigenvalue weighted by molar-refractivity contribution is -0.135. The van der Waals surface area contributed by atoms with Gasteiger partial charge in [-0.15, -0.1) is 0 Å². The Balaban J connectivity index is 2.58. The number of pyridine rings is 1. The predicted molar refractivity (Wildman–Crippen MR) is 57.9 cm³/mol. The molecule has 0 amide bonds. The molecule has 1 aromatic heterocycles. The van der Waals surface area contributed by atoms with E-state index in [-0.39, 0.29) is 18.6 Å². The van der Waals surface area contributed by atoms with Crippen LogP contribution in [0.25, 0.3) is 0 Å². The summed E-state index contributed by atoms with van der Waals surface area (Å²) in [6, 6.07) is 3.20. The van der Waals surface area contributed by atoms with Crippen LogP contribution in [-0.2, 0) is 0 Å². The fourth-order valence-electron chi connectivity index (χ4n) is 1.59. The molecule has 0 saturated carbocycles. The third kappa shape index (κ3) is 4.97. The number of nitrogens with zero attached hydrogens (tertiary/aromatic N) is 1. The zero-order chi connectivity index (χ0) is 13.1. The Morgan fingerprint density at radius 1 is 1.24 bits per heavy atom. The van der Waals surface area contributed by atoms with Gasteiger partial charge in [-0.1, -0.05) is 0 Å². The zero-order valence-electron chi connectivity index (χ0n) is 9.77. The number of carbonyl (C=O) groups is 1. The van der Waals surface area contributed by atoms with Gasteiger partial charge in [-0.2, -0.15) is 13.2 Å². The highest BCUT2D eigenvalue weighted by atomic mass is 19.4. The number of Topliss-reactive ketones (excluding diaryl/α,β-unsaturated/α-hetero) is 1. The van der Waals surface area contributed by atoms with Crippen molar-refractivity contribution in [3.8, 4) is 0 Å². The first-order valence-corrected chi connectivity index (χ1v) is 5.33. The fourth-order valence-corrected chi connectivity index (χ4v) is 1.59. The standard InChI is InChI=1S/C12H14F3NO/c1-8-6-10(7-9(2)16-8)11(17)4-3-5-12(13,14)15/h6-7H,3-5H2,1-2H3. The van der Waals surface area contributed by atoms with E-state index in [9.17, 15) is 18.0 Å². The van der Waals surface area contributed by atoms with Gasteiger partial charge in [-0.25, -0.2) is 0 Å². The first-order valence-electron chi connectivity index (χ1n) is 5.33. The highest BCUT2D eigenvalue weighted by Gasteiger charge is 2.26. The Kier molecular flexibility index (Phi) is 4.26. The number of aryl methyl sites for hydroxylation is 2. The van der Waals surface area contributed by atoms with Gasteiger partial charge in [0.15, 0.2) is 5.78 Å². The van der Waals surface area contributed by atoms with Gasteiger partial charge in [0.1, 0.15) is 0 Å². The van der Waals surface area contributed by atoms with Crippen molar-refractivity contribution >= 4 is 5.78 Å². The molecule has 0 bridgehead atoms. The number of hydrogen-bond acceptors (Lipinski definition) is 2. The summed E-state index contributed by atoms with van der Waals surface area (Å²) in [4.78, 5) is 15.7. The summed E-state index contributed by atoms with van der Waals surface area (Å²) in [6.45, 7) is 3.50. The molecule has 1 rings (SSSR count). The van der Waals surface area contributed by atoms with Crippen LogP contribution in [0.5, 0.6) is 0 Å². The Morgan fingerprint density at radius 3 is 2.24 bits per heavy atom. The van der Waals surface area contributed by atoms with Gasteiger partial charge in [0.2, 0.25) is 0 Å². The topological polar surface area (TPSA) is 30.0 Å². The predicted octanol–water partition coefficient (Wildman–Crippen LogP) is 3.61. The quantitative estimate of drug-likeness (QED) is 0.758. The highest BCUT2D eigenvalue weighted by Crippen LogP contribution is 2.23. The van der Waals surface area contributed by atoms with Crippen molar-refractivity contribution in [1.82, 2.24) is 4.98 Å². The largest absolute Gasteiger partial charge is 0.389 e. The van der Waals surface area contributed by atoms with Crippen LogP contribution in [0.2, 0.25) is 0 Å². The molecule has 94 valence electrons. The smallest absolute Gasteiger partial charge is 0.294 e. The molecule has 0 N–H and O–H groups in total. The SMILES string of the molecule is Cc1cc(C(=O)CCCC(F)(F)F)cc(C)n1. The number of ketones is 1. The van der Waals surface area contributed by atoms with E-state index < -0.39 is 12.6 Å². The maximum Gasteiger partial charge on any atom is 0.389 e. The zero-order valence-corrected chi connectivity index (χ0v) is 9.77. The van der Waals surface area contributed by atoms with Crippen LogP contribution >= 0.6 is 0 Å². The number of halogens is 3. The van der Waals surface area contributed by atoms with Crippen LogP contribution in [-0.4, -0.2) is 16.9 Å². The van der Waals surface area contributed by atoms with Crippen molar-refractivity contribution < 1.29 is 18.0 Å². The third-order valence-corrected chi connectivity index (χ3v) is 2.27. The molecular weight excluding hydrogens is 231 g/mol. The second-order valence-electron chi connectivity index (χ2n) is 4.03. The average molecular weight is 245 g/mol. The molecule has 5 heteroatoms. The summed E-state index contributed by atoms with van der Waals surface area (Å²) in [6.07, 6.45) is -5.35. The molecule has 0 aliphatic heterocycles. The molecule has 0 unspecified atom stereocenters. The molecule has 17 heavy (non-hydrogen) atoms. The number of carbonyl (C=O) groups excluding carboxylic acids is 1. The molecular formula is C12H14F3NO. The van der Waals surface area contributed by atoms with Crippen molar-refractivity contribution in [2.75, 3.05) is 0 Å². The summed E-state index contributed by atoms with van der Waals surface area (Å²) in [7, 11) is 0. The molecule has 0 radical (unpaired) electrons. The number of rotatable bonds is 4. The van der Waals surface area contributed by atoms with Crippen LogP contribution in [0.3, 0.4) is 0 Å². The summed E-state index contributed by atoms with van der Waals surface area (Å²) in [5, 5.41) is 0. The van der Waals surface area contributed by atoms with E-state index in [1.165, 1.54) is 0 Å². The van der Waals surface area contributed by atoms with Crippen LogP contribution in [0.4, 0.5) is 13.2 Å². The molecule has 0 saturated heterocycles. The van der Waals surface area contributed by atoms with Crippen LogP contribution in [0.1, 0.15) is 41.0 Å². The minimum atomic E-state index is -4.19. The number of aromatic nitrogens is 1. The van der Waals surface area contributed by atoms with E-state index in [0.29, 0.717) is 17.0 Å². The fraction of sp³-hybridized carbons (Fsp3) is 0.500. The van der Waals surface area contributed by atoms with Crippen molar-refractivity contribution in [3.05, 3.63) is 29.1 Å². The first-order chi connectivity index (χ1) is 7.78. The van der Waals surface area contributed by atoms with Gasteiger partial charge >= 0.3 is 6.18 Å². The van der Waals surface area contributed by atoms with E-state index in [2.05, 4.69) is 4.98 Å². The van der Waals surface area contributed by atoms with Gasteiger partial charge in [0.25, 0.3) is 0 Å². The van der Waals surface area contributed by atoms with Gasteiger partial charge in [-0.3, -0.25) is 9.78 Å². The second kappa shape index (κ2) is 5.29. The Bertz CT molecular complexity index is 392. The maximum absolute atomic E-state index is 11.9. The van der Waals surface area contributed by atoms with Crippen LogP contribution in [0.15, 0.2) is 12.1 Å². The summed E-state index contributed by atoms with van der Waals surface area (Å²) >= 11 is 0. The minimum Gasteiger partial charge on any atom is -0.294 e. The molecule has 2 nitrogen and oxygen atoms in total. The van der Waals surface area contributed by atoms with Crippen LogP contribution < -0.4 is 0 Å². The monoisotopic (exact) mass is 245 g/mol. The van der Waals surface area contributed by atoms with Crippen molar-refractivity contribution in [1.29, 1.82) is 0 Å². The van der Waals surface area contributed by atoms with E-state index in [1.807, 2.05) is 0 Å². The second-order valence-corrected chi connectivity index (χ2v) is 4.03. The lowest BCUT2D eigenvalue weighted by Gasteiger charge is -2.06. The van der Waals surface area contributed by atoms with E-state index in [0.717, 1.165) is 0 Å². The Labute approximate surface area is 97.9 Å². The molecule has 0 fully saturated rings. The van der Waals surface area contributed by atoms with Crippen molar-refractivity contribution in [2.24, 2.45) is 0 Å². The van der Waals surface area contributed by atoms with E-state index >= 15 is 0 Å². The molecule has 1 heterocycles. The van der Waals surface area contributed by atoms with E-state index in [4.69, 9.17) is 0 Å². The minimum absolute atomic E-state index is 0.0809. The molecule has 0 aliphatic rings. The lowest BCUT2D eigenvalue weighted by atomic mass is 10.0. The average Bonchev–Trinajstić information content (AvgIpc) is 2.13. The summed E-state index contributed by atoms with van der Waals surface area (Å²) in [5.74, 6) is -0.261. The highest BCUT2D eigenvalue weighted by molar-refractivity contribution is 5.96. The van der Waals surface area contributed by atoms with Gasteiger partial charge in [-0.05, 0) is 32.4 Å². The first kappa shape index (κ1) is 13.7. The van der Waals surface area contributed by atoms with Gasteiger partial charge < -0.3 is 0 Å². The van der Waals surface area contributed by atoms with Gasteiger partial charge in [0, 0.05) is 29.8 Å². The number of hydrogen-bond donors (Lipinski definition) is 0. The Morgan fingerprint density at radius 2 is 1.76 bits per heavy atom. The third-order valence-electron chi connectivity index (χ3n) is 2.27. The summed E-state index contributed by atoms with van der Waals surface area (Å²) < 4.78 is 35.7. The number of alkyl halides is 3. The molecule has 0 spiro atoms. The van der Waals surface area contributed by atoms with Crippen molar-refractivity contribution in [2.45, 2.75) is 39.3 Å². The van der Waals surface area contributed by atoms with E-state index in [1.54, 1.807) is 26.0 Å². The molecule has 0 aliphatic carbocycles. The normalized spacial score (nSPS) is 11.6.